The van der Waals surface area contributed by atoms with Gasteiger partial charge in [-0.1, -0.05) is 0 Å². The summed E-state index contributed by atoms with van der Waals surface area (Å²) in [4.78, 5) is 17.8. The van der Waals surface area contributed by atoms with Gasteiger partial charge < -0.3 is 10.6 Å². The molecule has 0 saturated heterocycles. The highest BCUT2D eigenvalue weighted by molar-refractivity contribution is 5.40. The molecular weight excluding hydrogens is 230 g/mol. The number of aromatic nitrogens is 3. The van der Waals surface area contributed by atoms with Crippen molar-refractivity contribution in [2.24, 2.45) is 0 Å². The van der Waals surface area contributed by atoms with Gasteiger partial charge in [-0.25, -0.2) is 4.68 Å². The second-order valence-corrected chi connectivity index (χ2v) is 4.18. The summed E-state index contributed by atoms with van der Waals surface area (Å²) < 4.78 is 1.36. The van der Waals surface area contributed by atoms with E-state index in [4.69, 9.17) is 5.73 Å². The van der Waals surface area contributed by atoms with E-state index < -0.39 is 0 Å². The maximum absolute atomic E-state index is 11.8. The van der Waals surface area contributed by atoms with Crippen LogP contribution in [0.3, 0.4) is 0 Å². The van der Waals surface area contributed by atoms with E-state index in [9.17, 15) is 4.79 Å². The first-order valence-electron chi connectivity index (χ1n) is 5.51. The van der Waals surface area contributed by atoms with Crippen molar-refractivity contribution in [1.29, 1.82) is 0 Å². The molecule has 2 N–H and O–H groups in total. The predicted octanol–water partition coefficient (Wildman–Crippen LogP) is 0.335. The molecule has 2 heterocycles. The summed E-state index contributed by atoms with van der Waals surface area (Å²) in [6, 6.07) is 4.97. The second-order valence-electron chi connectivity index (χ2n) is 4.18. The third-order valence-corrected chi connectivity index (χ3v) is 2.52. The average molecular weight is 245 g/mol. The molecule has 0 aromatic carbocycles. The summed E-state index contributed by atoms with van der Waals surface area (Å²) in [6.07, 6.45) is 3.26. The van der Waals surface area contributed by atoms with Crippen molar-refractivity contribution in [3.05, 3.63) is 46.6 Å². The van der Waals surface area contributed by atoms with Crippen molar-refractivity contribution in [3.63, 3.8) is 0 Å². The van der Waals surface area contributed by atoms with E-state index in [1.54, 1.807) is 30.6 Å². The third kappa shape index (κ3) is 2.65. The molecule has 0 amide bonds. The number of nitrogens with two attached hydrogens (primary N) is 1. The van der Waals surface area contributed by atoms with Crippen LogP contribution in [0.1, 0.15) is 5.69 Å². The van der Waals surface area contributed by atoms with E-state index in [1.165, 1.54) is 4.68 Å². The molecule has 2 aromatic rings. The van der Waals surface area contributed by atoms with E-state index in [2.05, 4.69) is 10.1 Å². The molecule has 0 unspecified atom stereocenters. The molecule has 0 atom stereocenters. The van der Waals surface area contributed by atoms with Gasteiger partial charge in [0.15, 0.2) is 0 Å². The predicted molar refractivity (Wildman–Crippen MR) is 70.6 cm³/mol. The fourth-order valence-electron chi connectivity index (χ4n) is 1.52. The topological polar surface area (TPSA) is 77.0 Å². The van der Waals surface area contributed by atoms with Gasteiger partial charge in [-0.2, -0.15) is 5.10 Å². The molecule has 0 fully saturated rings. The van der Waals surface area contributed by atoms with Crippen molar-refractivity contribution in [3.8, 4) is 0 Å². The van der Waals surface area contributed by atoms with Crippen LogP contribution < -0.4 is 16.2 Å². The average Bonchev–Trinajstić information content (AvgIpc) is 2.31. The fourth-order valence-corrected chi connectivity index (χ4v) is 1.52. The lowest BCUT2D eigenvalue weighted by atomic mass is 10.3. The number of hydrogen-bond acceptors (Lipinski definition) is 5. The van der Waals surface area contributed by atoms with Gasteiger partial charge in [0.1, 0.15) is 0 Å². The molecule has 2 aromatic heterocycles. The van der Waals surface area contributed by atoms with Crippen LogP contribution in [-0.2, 0) is 6.54 Å². The van der Waals surface area contributed by atoms with E-state index in [1.807, 2.05) is 19.0 Å². The standard InChI is InChI=1S/C12H15N5O/c1-16(2)11-6-12(18)17(15-7-11)8-10-5-9(13)3-4-14-10/h3-7H,8H2,1-2H3,(H2,13,14). The zero-order chi connectivity index (χ0) is 13.1. The Morgan fingerprint density at radius 1 is 1.39 bits per heavy atom. The summed E-state index contributed by atoms with van der Waals surface area (Å²) in [7, 11) is 3.72. The summed E-state index contributed by atoms with van der Waals surface area (Å²) in [5.41, 5.74) is 7.61. The van der Waals surface area contributed by atoms with Gasteiger partial charge in [0, 0.05) is 32.0 Å². The molecule has 6 heteroatoms. The third-order valence-electron chi connectivity index (χ3n) is 2.52. The first kappa shape index (κ1) is 12.1. The summed E-state index contributed by atoms with van der Waals surface area (Å²) >= 11 is 0. The maximum atomic E-state index is 11.8. The Morgan fingerprint density at radius 2 is 2.17 bits per heavy atom. The van der Waals surface area contributed by atoms with Gasteiger partial charge in [0.2, 0.25) is 0 Å². The van der Waals surface area contributed by atoms with Gasteiger partial charge in [-0.05, 0) is 12.1 Å². The number of pyridine rings is 1. The van der Waals surface area contributed by atoms with Crippen LogP contribution in [0.4, 0.5) is 11.4 Å². The van der Waals surface area contributed by atoms with Crippen LogP contribution in [0.2, 0.25) is 0 Å². The molecular formula is C12H15N5O. The lowest BCUT2D eigenvalue weighted by Crippen LogP contribution is -2.25. The number of hydrogen-bond donors (Lipinski definition) is 1. The zero-order valence-electron chi connectivity index (χ0n) is 10.4. The van der Waals surface area contributed by atoms with Gasteiger partial charge in [0.05, 0.1) is 24.1 Å². The minimum Gasteiger partial charge on any atom is -0.399 e. The number of nitrogens with zero attached hydrogens (tertiary/aromatic N) is 4. The highest BCUT2D eigenvalue weighted by atomic mass is 16.1. The molecule has 0 aliphatic heterocycles. The minimum absolute atomic E-state index is 0.162. The van der Waals surface area contributed by atoms with Crippen LogP contribution in [0, 0.1) is 0 Å². The Balaban J connectivity index is 2.28. The molecule has 0 saturated carbocycles. The Bertz CT molecular complexity index is 605. The van der Waals surface area contributed by atoms with Crippen molar-refractivity contribution in [2.75, 3.05) is 24.7 Å². The number of nitrogen functional groups attached to an aromatic ring is 1. The monoisotopic (exact) mass is 245 g/mol. The molecule has 18 heavy (non-hydrogen) atoms. The molecule has 0 spiro atoms. The molecule has 0 bridgehead atoms. The lowest BCUT2D eigenvalue weighted by Gasteiger charge is -2.12. The molecule has 0 aliphatic carbocycles. The zero-order valence-corrected chi connectivity index (χ0v) is 10.4. The highest BCUT2D eigenvalue weighted by Crippen LogP contribution is 2.06. The minimum atomic E-state index is -0.162. The van der Waals surface area contributed by atoms with Gasteiger partial charge >= 0.3 is 0 Å². The SMILES string of the molecule is CN(C)c1cnn(Cc2cc(N)ccn2)c(=O)c1. The fraction of sp³-hybridized carbons (Fsp3) is 0.250. The van der Waals surface area contributed by atoms with E-state index in [0.717, 1.165) is 5.69 Å². The van der Waals surface area contributed by atoms with Crippen LogP contribution in [0.25, 0.3) is 0 Å². The molecule has 6 nitrogen and oxygen atoms in total. The van der Waals surface area contributed by atoms with E-state index in [0.29, 0.717) is 17.9 Å². The number of rotatable bonds is 3. The molecule has 2 rings (SSSR count). The first-order chi connectivity index (χ1) is 8.56. The van der Waals surface area contributed by atoms with E-state index >= 15 is 0 Å². The van der Waals surface area contributed by atoms with Crippen molar-refractivity contribution in [1.82, 2.24) is 14.8 Å². The van der Waals surface area contributed by atoms with Gasteiger partial charge in [-0.15, -0.1) is 0 Å². The van der Waals surface area contributed by atoms with Crippen molar-refractivity contribution < 1.29 is 0 Å². The largest absolute Gasteiger partial charge is 0.399 e. The summed E-state index contributed by atoms with van der Waals surface area (Å²) in [6.45, 7) is 0.317. The normalized spacial score (nSPS) is 10.3. The Morgan fingerprint density at radius 3 is 2.78 bits per heavy atom. The Hall–Kier alpha value is -2.37. The summed E-state index contributed by atoms with van der Waals surface area (Å²) in [5, 5.41) is 4.11. The smallest absolute Gasteiger partial charge is 0.269 e. The quantitative estimate of drug-likeness (QED) is 0.843. The highest BCUT2D eigenvalue weighted by Gasteiger charge is 2.03. The molecule has 0 aliphatic rings. The Kier molecular flexibility index (Phi) is 3.27. The number of anilines is 2. The van der Waals surface area contributed by atoms with Gasteiger partial charge in [-0.3, -0.25) is 9.78 Å². The van der Waals surface area contributed by atoms with Crippen LogP contribution in [0.5, 0.6) is 0 Å². The van der Waals surface area contributed by atoms with E-state index in [-0.39, 0.29) is 5.56 Å². The molecule has 0 radical (unpaired) electrons. The first-order valence-corrected chi connectivity index (χ1v) is 5.51. The Labute approximate surface area is 105 Å². The maximum Gasteiger partial charge on any atom is 0.269 e. The lowest BCUT2D eigenvalue weighted by molar-refractivity contribution is 0.627. The van der Waals surface area contributed by atoms with Crippen molar-refractivity contribution >= 4 is 11.4 Å². The second kappa shape index (κ2) is 4.87. The van der Waals surface area contributed by atoms with Crippen LogP contribution in [0.15, 0.2) is 35.4 Å². The van der Waals surface area contributed by atoms with Crippen molar-refractivity contribution in [2.45, 2.75) is 6.54 Å². The van der Waals surface area contributed by atoms with Gasteiger partial charge in [0.25, 0.3) is 5.56 Å². The molecule has 94 valence electrons. The van der Waals surface area contributed by atoms with Crippen LogP contribution >= 0.6 is 0 Å². The summed E-state index contributed by atoms with van der Waals surface area (Å²) in [5.74, 6) is 0. The van der Waals surface area contributed by atoms with Crippen LogP contribution in [-0.4, -0.2) is 28.9 Å².